The predicted molar refractivity (Wildman–Crippen MR) is 67.6 cm³/mol. The second kappa shape index (κ2) is 6.93. The number of rotatable bonds is 5. The minimum atomic E-state index is -0.679. The fourth-order valence-corrected chi connectivity index (χ4v) is 1.67. The van der Waals surface area contributed by atoms with Crippen LogP contribution in [0.3, 0.4) is 0 Å². The number of nitrogens with zero attached hydrogens (tertiary/aromatic N) is 1. The van der Waals surface area contributed by atoms with E-state index in [9.17, 15) is 4.79 Å². The zero-order valence-electron chi connectivity index (χ0n) is 9.74. The van der Waals surface area contributed by atoms with Crippen LogP contribution in [0.2, 0.25) is 5.02 Å². The summed E-state index contributed by atoms with van der Waals surface area (Å²) in [5, 5.41) is 12.3. The van der Waals surface area contributed by atoms with Gasteiger partial charge in [-0.3, -0.25) is 4.79 Å². The van der Waals surface area contributed by atoms with Crippen molar-refractivity contribution in [2.24, 2.45) is 5.92 Å². The molecule has 3 nitrogen and oxygen atoms in total. The molecule has 0 spiro atoms. The van der Waals surface area contributed by atoms with Crippen LogP contribution in [0.4, 0.5) is 0 Å². The summed E-state index contributed by atoms with van der Waals surface area (Å²) in [5.74, 6) is -0.907. The zero-order valence-corrected chi connectivity index (χ0v) is 10.5. The van der Waals surface area contributed by atoms with Gasteiger partial charge in [0, 0.05) is 11.6 Å². The van der Waals surface area contributed by atoms with Gasteiger partial charge in [-0.25, -0.2) is 0 Å². The Morgan fingerprint density at radius 3 is 2.82 bits per heavy atom. The lowest BCUT2D eigenvalue weighted by Crippen LogP contribution is -2.31. The molecule has 17 heavy (non-hydrogen) atoms. The molecule has 1 aromatic rings. The minimum absolute atomic E-state index is 0.228. The summed E-state index contributed by atoms with van der Waals surface area (Å²) in [6.45, 7) is 2.56. The minimum Gasteiger partial charge on any atom is -0.355 e. The van der Waals surface area contributed by atoms with Gasteiger partial charge in [0.1, 0.15) is 5.92 Å². The van der Waals surface area contributed by atoms with Crippen molar-refractivity contribution in [2.75, 3.05) is 6.54 Å². The van der Waals surface area contributed by atoms with Crippen LogP contribution >= 0.6 is 11.6 Å². The lowest BCUT2D eigenvalue weighted by Gasteiger charge is -2.10. The highest BCUT2D eigenvalue weighted by atomic mass is 35.5. The van der Waals surface area contributed by atoms with Crippen molar-refractivity contribution in [1.82, 2.24) is 5.32 Å². The second-order valence-electron chi connectivity index (χ2n) is 3.77. The summed E-state index contributed by atoms with van der Waals surface area (Å²) in [7, 11) is 0. The molecular formula is C13H15ClN2O. The number of nitriles is 1. The SMILES string of the molecule is CCCNC(=O)C(C#N)Cc1ccccc1Cl. The Labute approximate surface area is 106 Å². The summed E-state index contributed by atoms with van der Waals surface area (Å²) in [4.78, 5) is 11.7. The first-order chi connectivity index (χ1) is 8.19. The first-order valence-corrected chi connectivity index (χ1v) is 5.97. The van der Waals surface area contributed by atoms with Gasteiger partial charge < -0.3 is 5.32 Å². The summed E-state index contributed by atoms with van der Waals surface area (Å²) < 4.78 is 0. The van der Waals surface area contributed by atoms with Crippen molar-refractivity contribution in [3.63, 3.8) is 0 Å². The van der Waals surface area contributed by atoms with Gasteiger partial charge in [0.25, 0.3) is 0 Å². The average molecular weight is 251 g/mol. The molecule has 1 unspecified atom stereocenters. The van der Waals surface area contributed by atoms with E-state index in [-0.39, 0.29) is 5.91 Å². The zero-order chi connectivity index (χ0) is 12.7. The quantitative estimate of drug-likeness (QED) is 0.873. The number of carbonyl (C=O) groups is 1. The number of hydrogen-bond acceptors (Lipinski definition) is 2. The molecule has 0 aliphatic carbocycles. The number of carbonyl (C=O) groups excluding carboxylic acids is 1. The van der Waals surface area contributed by atoms with E-state index in [4.69, 9.17) is 16.9 Å². The molecule has 4 heteroatoms. The van der Waals surface area contributed by atoms with E-state index in [0.29, 0.717) is 18.0 Å². The standard InChI is InChI=1S/C13H15ClN2O/c1-2-7-16-13(17)11(9-15)8-10-5-3-4-6-12(10)14/h3-6,11H,2,7-8H2,1H3,(H,16,17). The highest BCUT2D eigenvalue weighted by Gasteiger charge is 2.18. The molecule has 90 valence electrons. The van der Waals surface area contributed by atoms with E-state index in [0.717, 1.165) is 12.0 Å². The normalized spacial score (nSPS) is 11.6. The van der Waals surface area contributed by atoms with Crippen molar-refractivity contribution in [1.29, 1.82) is 5.26 Å². The molecule has 0 aliphatic rings. The van der Waals surface area contributed by atoms with E-state index in [1.807, 2.05) is 31.2 Å². The maximum atomic E-state index is 11.7. The monoisotopic (exact) mass is 250 g/mol. The van der Waals surface area contributed by atoms with Crippen LogP contribution in [0.1, 0.15) is 18.9 Å². The highest BCUT2D eigenvalue weighted by molar-refractivity contribution is 6.31. The van der Waals surface area contributed by atoms with Gasteiger partial charge in [-0.15, -0.1) is 0 Å². The number of halogens is 1. The fourth-order valence-electron chi connectivity index (χ4n) is 1.45. The Kier molecular flexibility index (Phi) is 5.51. The van der Waals surface area contributed by atoms with Gasteiger partial charge in [0.05, 0.1) is 6.07 Å². The first-order valence-electron chi connectivity index (χ1n) is 5.59. The molecule has 0 bridgehead atoms. The van der Waals surface area contributed by atoms with Crippen molar-refractivity contribution in [3.05, 3.63) is 34.9 Å². The summed E-state index contributed by atoms with van der Waals surface area (Å²) in [6.07, 6.45) is 1.21. The number of amides is 1. The van der Waals surface area contributed by atoms with Gasteiger partial charge in [-0.05, 0) is 24.5 Å². The van der Waals surface area contributed by atoms with E-state index >= 15 is 0 Å². The van der Waals surface area contributed by atoms with Crippen molar-refractivity contribution in [2.45, 2.75) is 19.8 Å². The third-order valence-corrected chi connectivity index (χ3v) is 2.77. The van der Waals surface area contributed by atoms with Crippen LogP contribution in [0.5, 0.6) is 0 Å². The maximum absolute atomic E-state index is 11.7. The van der Waals surface area contributed by atoms with E-state index < -0.39 is 5.92 Å². The molecule has 0 saturated carbocycles. The fraction of sp³-hybridized carbons (Fsp3) is 0.385. The third-order valence-electron chi connectivity index (χ3n) is 2.40. The summed E-state index contributed by atoms with van der Waals surface area (Å²) >= 11 is 5.99. The molecule has 0 aromatic heterocycles. The molecule has 1 amide bonds. The van der Waals surface area contributed by atoms with Gasteiger partial charge >= 0.3 is 0 Å². The predicted octanol–water partition coefficient (Wildman–Crippen LogP) is 2.55. The van der Waals surface area contributed by atoms with Gasteiger partial charge in [0.2, 0.25) is 5.91 Å². The van der Waals surface area contributed by atoms with Crippen molar-refractivity contribution < 1.29 is 4.79 Å². The van der Waals surface area contributed by atoms with Crippen LogP contribution in [0, 0.1) is 17.2 Å². The lowest BCUT2D eigenvalue weighted by molar-refractivity contribution is -0.123. The Bertz CT molecular complexity index is 426. The third kappa shape index (κ3) is 4.08. The topological polar surface area (TPSA) is 52.9 Å². The van der Waals surface area contributed by atoms with Crippen LogP contribution in [-0.4, -0.2) is 12.5 Å². The van der Waals surface area contributed by atoms with E-state index in [2.05, 4.69) is 5.32 Å². The Hall–Kier alpha value is -1.53. The van der Waals surface area contributed by atoms with Gasteiger partial charge in [-0.1, -0.05) is 36.7 Å². The van der Waals surface area contributed by atoms with Crippen LogP contribution in [0.15, 0.2) is 24.3 Å². The Morgan fingerprint density at radius 2 is 2.24 bits per heavy atom. The lowest BCUT2D eigenvalue weighted by atomic mass is 10.00. The van der Waals surface area contributed by atoms with E-state index in [1.54, 1.807) is 6.07 Å². The average Bonchev–Trinajstić information content (AvgIpc) is 2.35. The molecule has 0 aliphatic heterocycles. The molecule has 0 fully saturated rings. The molecule has 1 rings (SSSR count). The van der Waals surface area contributed by atoms with Gasteiger partial charge in [-0.2, -0.15) is 5.26 Å². The molecule has 1 aromatic carbocycles. The van der Waals surface area contributed by atoms with Crippen molar-refractivity contribution in [3.8, 4) is 6.07 Å². The summed E-state index contributed by atoms with van der Waals surface area (Å²) in [5.41, 5.74) is 0.826. The molecule has 0 saturated heterocycles. The molecular weight excluding hydrogens is 236 g/mol. The van der Waals surface area contributed by atoms with Crippen LogP contribution in [0.25, 0.3) is 0 Å². The Morgan fingerprint density at radius 1 is 1.53 bits per heavy atom. The number of hydrogen-bond donors (Lipinski definition) is 1. The largest absolute Gasteiger partial charge is 0.355 e. The Balaban J connectivity index is 2.68. The van der Waals surface area contributed by atoms with E-state index in [1.165, 1.54) is 0 Å². The van der Waals surface area contributed by atoms with Gasteiger partial charge in [0.15, 0.2) is 0 Å². The maximum Gasteiger partial charge on any atom is 0.237 e. The second-order valence-corrected chi connectivity index (χ2v) is 4.18. The number of benzene rings is 1. The smallest absolute Gasteiger partial charge is 0.237 e. The number of nitrogens with one attached hydrogen (secondary N) is 1. The molecule has 0 radical (unpaired) electrons. The highest BCUT2D eigenvalue weighted by Crippen LogP contribution is 2.18. The van der Waals surface area contributed by atoms with Crippen LogP contribution < -0.4 is 5.32 Å². The summed E-state index contributed by atoms with van der Waals surface area (Å²) in [6, 6.07) is 9.28. The molecule has 1 N–H and O–H groups in total. The van der Waals surface area contributed by atoms with Crippen molar-refractivity contribution >= 4 is 17.5 Å². The first kappa shape index (κ1) is 13.5. The molecule has 0 heterocycles. The van der Waals surface area contributed by atoms with Crippen LogP contribution in [-0.2, 0) is 11.2 Å². The molecule has 1 atom stereocenters.